The van der Waals surface area contributed by atoms with Gasteiger partial charge in [-0.05, 0) is 57.0 Å². The van der Waals surface area contributed by atoms with Crippen molar-refractivity contribution in [3.8, 4) is 0 Å². The first kappa shape index (κ1) is 25.2. The Hall–Kier alpha value is -3.91. The van der Waals surface area contributed by atoms with Crippen LogP contribution in [-0.4, -0.2) is 42.4 Å². The van der Waals surface area contributed by atoms with Crippen LogP contribution in [0.25, 0.3) is 10.9 Å². The molecule has 3 aromatic rings. The molecule has 8 heteroatoms. The number of aromatic nitrogens is 1. The van der Waals surface area contributed by atoms with Crippen LogP contribution in [0.1, 0.15) is 30.0 Å². The second-order valence-corrected chi connectivity index (χ2v) is 9.16. The third kappa shape index (κ3) is 5.04. The van der Waals surface area contributed by atoms with Gasteiger partial charge in [-0.2, -0.15) is 0 Å². The minimum atomic E-state index is -0.346. The van der Waals surface area contributed by atoms with E-state index in [0.717, 1.165) is 42.8 Å². The van der Waals surface area contributed by atoms with Gasteiger partial charge in [0.25, 0.3) is 5.69 Å². The van der Waals surface area contributed by atoms with E-state index in [0.29, 0.717) is 23.7 Å². The van der Waals surface area contributed by atoms with Crippen LogP contribution in [-0.2, 0) is 13.0 Å². The molecule has 0 amide bonds. The molecule has 188 valence electrons. The van der Waals surface area contributed by atoms with Crippen LogP contribution >= 0.6 is 0 Å². The standard InChI is InChI=1S/C28H34N6O2/c1-6-9-24(23-18-33-14-8-11-21-10-7-12-22(23)28(21)33)30-20(3)31-25-17-27(34(35)36)26(16-19(25)2)32(5)15-13-29-4/h6-7,9-10,12,16-18,29,31H,3,8,11,13-15H2,1-2,4-5H3/b9-6-,30-24?. The number of hydrogen-bond donors (Lipinski definition) is 2. The van der Waals surface area contributed by atoms with Crippen molar-refractivity contribution in [3.05, 3.63) is 87.9 Å². The van der Waals surface area contributed by atoms with Gasteiger partial charge in [0.15, 0.2) is 0 Å². The van der Waals surface area contributed by atoms with Crippen molar-refractivity contribution in [1.29, 1.82) is 0 Å². The van der Waals surface area contributed by atoms with Gasteiger partial charge in [-0.25, -0.2) is 4.99 Å². The summed E-state index contributed by atoms with van der Waals surface area (Å²) in [7, 11) is 3.72. The highest BCUT2D eigenvalue weighted by atomic mass is 16.6. The summed E-state index contributed by atoms with van der Waals surface area (Å²) >= 11 is 0. The van der Waals surface area contributed by atoms with Crippen molar-refractivity contribution >= 4 is 33.7 Å². The molecule has 0 atom stereocenters. The van der Waals surface area contributed by atoms with Crippen LogP contribution in [0.15, 0.2) is 66.1 Å². The maximum absolute atomic E-state index is 11.9. The number of likely N-dealkylation sites (N-methyl/N-ethyl adjacent to an activating group) is 2. The fourth-order valence-corrected chi connectivity index (χ4v) is 4.80. The molecule has 0 saturated carbocycles. The summed E-state index contributed by atoms with van der Waals surface area (Å²) < 4.78 is 2.31. The number of aryl methyl sites for hydroxylation is 3. The number of nitro groups is 1. The Morgan fingerprint density at radius 1 is 1.36 bits per heavy atom. The van der Waals surface area contributed by atoms with Gasteiger partial charge in [-0.15, -0.1) is 0 Å². The normalized spacial score (nSPS) is 13.4. The first-order chi connectivity index (χ1) is 17.3. The SMILES string of the molecule is C=C(N=C(/C=C\C)c1cn2c3c(cccc13)CCC2)Nc1cc([N+](=O)[O-])c(N(C)CCNC)cc1C. The van der Waals surface area contributed by atoms with Crippen molar-refractivity contribution in [3.63, 3.8) is 0 Å². The van der Waals surface area contributed by atoms with E-state index in [1.54, 1.807) is 6.07 Å². The van der Waals surface area contributed by atoms with Crippen LogP contribution < -0.4 is 15.5 Å². The molecule has 1 aliphatic heterocycles. The highest BCUT2D eigenvalue weighted by Crippen LogP contribution is 2.34. The van der Waals surface area contributed by atoms with Gasteiger partial charge >= 0.3 is 0 Å². The number of nitrogens with one attached hydrogen (secondary N) is 2. The molecule has 0 spiro atoms. The minimum Gasteiger partial charge on any atom is -0.368 e. The van der Waals surface area contributed by atoms with E-state index >= 15 is 0 Å². The first-order valence-corrected chi connectivity index (χ1v) is 12.3. The number of hydrogen-bond acceptors (Lipinski definition) is 6. The molecular formula is C28H34N6O2. The first-order valence-electron chi connectivity index (χ1n) is 12.3. The average Bonchev–Trinajstić information content (AvgIpc) is 3.23. The van der Waals surface area contributed by atoms with Crippen LogP contribution in [0.4, 0.5) is 17.1 Å². The highest BCUT2D eigenvalue weighted by Gasteiger charge is 2.21. The van der Waals surface area contributed by atoms with Gasteiger partial charge in [0, 0.05) is 55.6 Å². The number of anilines is 2. The largest absolute Gasteiger partial charge is 0.368 e. The molecule has 1 aromatic heterocycles. The summed E-state index contributed by atoms with van der Waals surface area (Å²) in [6, 6.07) is 9.85. The van der Waals surface area contributed by atoms with Gasteiger partial charge in [-0.3, -0.25) is 10.1 Å². The zero-order valence-electron chi connectivity index (χ0n) is 21.5. The Labute approximate surface area is 212 Å². The molecule has 0 radical (unpaired) electrons. The fraction of sp³-hybridized carbons (Fsp3) is 0.321. The van der Waals surface area contributed by atoms with Crippen LogP contribution in [0.3, 0.4) is 0 Å². The van der Waals surface area contributed by atoms with E-state index in [2.05, 4.69) is 46.2 Å². The van der Waals surface area contributed by atoms with Crippen LogP contribution in [0.5, 0.6) is 0 Å². The van der Waals surface area contributed by atoms with Crippen LogP contribution in [0.2, 0.25) is 0 Å². The maximum Gasteiger partial charge on any atom is 0.294 e. The summed E-state index contributed by atoms with van der Waals surface area (Å²) in [5, 5.41) is 19.3. The summed E-state index contributed by atoms with van der Waals surface area (Å²) in [5.74, 6) is 0.420. The predicted octanol–water partition coefficient (Wildman–Crippen LogP) is 5.41. The Morgan fingerprint density at radius 2 is 2.17 bits per heavy atom. The fourth-order valence-electron chi connectivity index (χ4n) is 4.80. The van der Waals surface area contributed by atoms with Crippen molar-refractivity contribution in [2.75, 3.05) is 37.4 Å². The molecule has 8 nitrogen and oxygen atoms in total. The molecule has 0 aliphatic carbocycles. The quantitative estimate of drug-likeness (QED) is 0.227. The van der Waals surface area contributed by atoms with E-state index in [-0.39, 0.29) is 10.6 Å². The lowest BCUT2D eigenvalue weighted by Crippen LogP contribution is -2.27. The van der Waals surface area contributed by atoms with E-state index in [1.807, 2.05) is 51.1 Å². The molecule has 0 unspecified atom stereocenters. The Balaban J connectivity index is 1.67. The van der Waals surface area contributed by atoms with Gasteiger partial charge in [0.1, 0.15) is 11.5 Å². The second-order valence-electron chi connectivity index (χ2n) is 9.16. The van der Waals surface area contributed by atoms with Crippen LogP contribution in [0, 0.1) is 17.0 Å². The molecule has 36 heavy (non-hydrogen) atoms. The van der Waals surface area contributed by atoms with Gasteiger partial charge < -0.3 is 20.1 Å². The monoisotopic (exact) mass is 486 g/mol. The van der Waals surface area contributed by atoms with Gasteiger partial charge in [0.2, 0.25) is 0 Å². The average molecular weight is 487 g/mol. The third-order valence-corrected chi connectivity index (χ3v) is 6.59. The lowest BCUT2D eigenvalue weighted by atomic mass is 10.0. The van der Waals surface area contributed by atoms with E-state index in [1.165, 1.54) is 16.5 Å². The molecule has 0 bridgehead atoms. The molecular weight excluding hydrogens is 452 g/mol. The van der Waals surface area contributed by atoms with Crippen molar-refractivity contribution in [2.45, 2.75) is 33.2 Å². The number of nitro benzene ring substituents is 1. The van der Waals surface area contributed by atoms with E-state index in [9.17, 15) is 10.1 Å². The van der Waals surface area contributed by atoms with Crippen molar-refractivity contribution < 1.29 is 4.92 Å². The summed E-state index contributed by atoms with van der Waals surface area (Å²) in [5.41, 5.74) is 6.61. The molecule has 0 saturated heterocycles. The number of benzene rings is 2. The number of aliphatic imine (C=N–C) groups is 1. The maximum atomic E-state index is 11.9. The number of allylic oxidation sites excluding steroid dienone is 2. The number of rotatable bonds is 10. The van der Waals surface area contributed by atoms with Crippen molar-refractivity contribution in [2.24, 2.45) is 4.99 Å². The molecule has 2 aromatic carbocycles. The van der Waals surface area contributed by atoms with E-state index < -0.39 is 0 Å². The second kappa shape index (κ2) is 10.8. The smallest absolute Gasteiger partial charge is 0.294 e. The molecule has 2 heterocycles. The molecule has 1 aliphatic rings. The number of nitrogens with zero attached hydrogens (tertiary/aromatic N) is 4. The van der Waals surface area contributed by atoms with Crippen molar-refractivity contribution in [1.82, 2.24) is 9.88 Å². The lowest BCUT2D eigenvalue weighted by Gasteiger charge is -2.21. The molecule has 0 fully saturated rings. The summed E-state index contributed by atoms with van der Waals surface area (Å²) in [6.45, 7) is 10.4. The Morgan fingerprint density at radius 3 is 2.89 bits per heavy atom. The lowest BCUT2D eigenvalue weighted by molar-refractivity contribution is -0.384. The predicted molar refractivity (Wildman–Crippen MR) is 149 cm³/mol. The van der Waals surface area contributed by atoms with E-state index in [4.69, 9.17) is 4.99 Å². The minimum absolute atomic E-state index is 0.0427. The zero-order chi connectivity index (χ0) is 25.8. The Bertz CT molecular complexity index is 1370. The topological polar surface area (TPSA) is 87.7 Å². The molecule has 2 N–H and O–H groups in total. The summed E-state index contributed by atoms with van der Waals surface area (Å²) in [6.07, 6.45) is 8.33. The molecule has 4 rings (SSSR count). The third-order valence-electron chi connectivity index (χ3n) is 6.59. The number of para-hydroxylation sites is 1. The van der Waals surface area contributed by atoms with Gasteiger partial charge in [-0.1, -0.05) is 30.9 Å². The Kier molecular flexibility index (Phi) is 7.55. The highest BCUT2D eigenvalue weighted by molar-refractivity contribution is 6.17. The van der Waals surface area contributed by atoms with Gasteiger partial charge in [0.05, 0.1) is 16.2 Å². The zero-order valence-corrected chi connectivity index (χ0v) is 21.5. The summed E-state index contributed by atoms with van der Waals surface area (Å²) in [4.78, 5) is 18.2.